The molecular formula is C14H12Cl2N2O3. The van der Waals surface area contributed by atoms with Gasteiger partial charge in [-0.3, -0.25) is 0 Å². The van der Waals surface area contributed by atoms with Gasteiger partial charge < -0.3 is 14.2 Å². The molecule has 0 bridgehead atoms. The molecule has 2 heterocycles. The molecule has 3 rings (SSSR count). The minimum atomic E-state index is 0.249. The van der Waals surface area contributed by atoms with Gasteiger partial charge in [0.2, 0.25) is 6.79 Å². The first kappa shape index (κ1) is 14.4. The number of methoxy groups -OCH3 is 1. The fourth-order valence-corrected chi connectivity index (χ4v) is 2.58. The van der Waals surface area contributed by atoms with Gasteiger partial charge in [-0.05, 0) is 17.7 Å². The average molecular weight is 327 g/mol. The van der Waals surface area contributed by atoms with E-state index in [4.69, 9.17) is 37.4 Å². The molecule has 0 radical (unpaired) electrons. The van der Waals surface area contributed by atoms with E-state index in [1.54, 1.807) is 7.11 Å². The van der Waals surface area contributed by atoms with Crippen LogP contribution in [0, 0.1) is 0 Å². The fourth-order valence-electron chi connectivity index (χ4n) is 2.05. The van der Waals surface area contributed by atoms with Crippen molar-refractivity contribution >= 4 is 23.2 Å². The number of benzene rings is 1. The standard InChI is InChI=1S/C14H12Cl2N2O3/c1-19-6-9-13(15)17-12(18-14(9)16)5-8-2-3-10-11(4-8)21-7-20-10/h2-4H,5-7H2,1H3. The van der Waals surface area contributed by atoms with Crippen molar-refractivity contribution in [2.75, 3.05) is 13.9 Å². The molecule has 21 heavy (non-hydrogen) atoms. The highest BCUT2D eigenvalue weighted by Crippen LogP contribution is 2.33. The van der Waals surface area contributed by atoms with E-state index in [9.17, 15) is 0 Å². The summed E-state index contributed by atoms with van der Waals surface area (Å²) in [5, 5.41) is 0.625. The van der Waals surface area contributed by atoms with Crippen molar-refractivity contribution in [3.8, 4) is 11.5 Å². The van der Waals surface area contributed by atoms with Crippen molar-refractivity contribution in [2.45, 2.75) is 13.0 Å². The third kappa shape index (κ3) is 3.05. The summed E-state index contributed by atoms with van der Waals surface area (Å²) in [6, 6.07) is 5.69. The molecule has 0 unspecified atom stereocenters. The Bertz CT molecular complexity index is 656. The number of halogens is 2. The van der Waals surface area contributed by atoms with Gasteiger partial charge in [-0.25, -0.2) is 9.97 Å². The van der Waals surface area contributed by atoms with E-state index in [0.29, 0.717) is 28.1 Å². The van der Waals surface area contributed by atoms with Gasteiger partial charge in [0.25, 0.3) is 0 Å². The van der Waals surface area contributed by atoms with Gasteiger partial charge in [0, 0.05) is 13.5 Å². The zero-order chi connectivity index (χ0) is 14.8. The molecule has 7 heteroatoms. The zero-order valence-electron chi connectivity index (χ0n) is 11.2. The third-order valence-electron chi connectivity index (χ3n) is 3.04. The van der Waals surface area contributed by atoms with Gasteiger partial charge in [0.15, 0.2) is 11.5 Å². The lowest BCUT2D eigenvalue weighted by Crippen LogP contribution is -2.02. The summed E-state index contributed by atoms with van der Waals surface area (Å²) in [6.07, 6.45) is 0.503. The minimum Gasteiger partial charge on any atom is -0.454 e. The summed E-state index contributed by atoms with van der Waals surface area (Å²) in [5.41, 5.74) is 1.58. The molecule has 0 fully saturated rings. The van der Waals surface area contributed by atoms with Crippen LogP contribution < -0.4 is 9.47 Å². The SMILES string of the molecule is COCc1c(Cl)nc(Cc2ccc3c(c2)OCO3)nc1Cl. The Morgan fingerprint density at radius 3 is 2.57 bits per heavy atom. The Labute approximate surface area is 131 Å². The molecular weight excluding hydrogens is 315 g/mol. The first-order chi connectivity index (χ1) is 10.2. The highest BCUT2D eigenvalue weighted by Gasteiger charge is 2.15. The maximum absolute atomic E-state index is 6.11. The van der Waals surface area contributed by atoms with Crippen LogP contribution in [0.5, 0.6) is 11.5 Å². The second-order valence-electron chi connectivity index (χ2n) is 4.50. The summed E-state index contributed by atoms with van der Waals surface area (Å²) in [6.45, 7) is 0.528. The Balaban J connectivity index is 1.85. The van der Waals surface area contributed by atoms with Crippen molar-refractivity contribution in [3.63, 3.8) is 0 Å². The molecule has 1 aromatic heterocycles. The van der Waals surface area contributed by atoms with Crippen molar-refractivity contribution in [2.24, 2.45) is 0 Å². The van der Waals surface area contributed by atoms with Crippen LogP contribution >= 0.6 is 23.2 Å². The van der Waals surface area contributed by atoms with Crippen LogP contribution in [0.2, 0.25) is 10.3 Å². The number of aromatic nitrogens is 2. The lowest BCUT2D eigenvalue weighted by molar-refractivity contribution is 0.174. The topological polar surface area (TPSA) is 53.5 Å². The lowest BCUT2D eigenvalue weighted by Gasteiger charge is -2.08. The fraction of sp³-hybridized carbons (Fsp3) is 0.286. The molecule has 5 nitrogen and oxygen atoms in total. The van der Waals surface area contributed by atoms with Gasteiger partial charge >= 0.3 is 0 Å². The van der Waals surface area contributed by atoms with Crippen LogP contribution in [0.15, 0.2) is 18.2 Å². The van der Waals surface area contributed by atoms with Gasteiger partial charge in [0.1, 0.15) is 16.1 Å². The second kappa shape index (κ2) is 6.05. The molecule has 0 atom stereocenters. The predicted molar refractivity (Wildman–Crippen MR) is 78.1 cm³/mol. The van der Waals surface area contributed by atoms with Gasteiger partial charge in [-0.1, -0.05) is 29.3 Å². The molecule has 0 N–H and O–H groups in total. The van der Waals surface area contributed by atoms with Gasteiger partial charge in [0.05, 0.1) is 12.2 Å². The summed E-state index contributed by atoms with van der Waals surface area (Å²) in [5.74, 6) is 2.01. The Hall–Kier alpha value is -1.56. The van der Waals surface area contributed by atoms with Crippen molar-refractivity contribution in [1.82, 2.24) is 9.97 Å². The van der Waals surface area contributed by atoms with Gasteiger partial charge in [-0.15, -0.1) is 0 Å². The predicted octanol–water partition coefficient (Wildman–Crippen LogP) is 3.25. The summed E-state index contributed by atoms with van der Waals surface area (Å²) in [4.78, 5) is 8.52. The highest BCUT2D eigenvalue weighted by molar-refractivity contribution is 6.34. The molecule has 110 valence electrons. The van der Waals surface area contributed by atoms with Crippen LogP contribution in [-0.2, 0) is 17.8 Å². The number of hydrogen-bond acceptors (Lipinski definition) is 5. The molecule has 0 spiro atoms. The molecule has 1 aliphatic heterocycles. The van der Waals surface area contributed by atoms with Crippen molar-refractivity contribution < 1.29 is 14.2 Å². The molecule has 1 aromatic carbocycles. The average Bonchev–Trinajstić information content (AvgIpc) is 2.90. The molecule has 2 aromatic rings. The maximum atomic E-state index is 6.11. The van der Waals surface area contributed by atoms with E-state index in [1.165, 1.54) is 0 Å². The Morgan fingerprint density at radius 1 is 1.14 bits per heavy atom. The van der Waals surface area contributed by atoms with Crippen molar-refractivity contribution in [1.29, 1.82) is 0 Å². The largest absolute Gasteiger partial charge is 0.454 e. The van der Waals surface area contributed by atoms with Gasteiger partial charge in [-0.2, -0.15) is 0 Å². The molecule has 0 amide bonds. The highest BCUT2D eigenvalue weighted by atomic mass is 35.5. The summed E-state index contributed by atoms with van der Waals surface area (Å²) in [7, 11) is 1.56. The minimum absolute atomic E-state index is 0.249. The summed E-state index contributed by atoms with van der Waals surface area (Å²) < 4.78 is 15.6. The second-order valence-corrected chi connectivity index (χ2v) is 5.21. The van der Waals surface area contributed by atoms with Crippen molar-refractivity contribution in [3.05, 3.63) is 45.5 Å². The van der Waals surface area contributed by atoms with Crippen LogP contribution in [-0.4, -0.2) is 23.9 Å². The first-order valence-electron chi connectivity index (χ1n) is 6.25. The monoisotopic (exact) mass is 326 g/mol. The summed E-state index contributed by atoms with van der Waals surface area (Å²) >= 11 is 12.2. The van der Waals surface area contributed by atoms with Crippen LogP contribution in [0.4, 0.5) is 0 Å². The molecule has 0 aliphatic carbocycles. The number of fused-ring (bicyclic) bond motifs is 1. The number of nitrogens with zero attached hydrogens (tertiary/aromatic N) is 2. The number of rotatable bonds is 4. The van der Waals surface area contributed by atoms with E-state index in [1.807, 2.05) is 18.2 Å². The van der Waals surface area contributed by atoms with Crippen LogP contribution in [0.3, 0.4) is 0 Å². The zero-order valence-corrected chi connectivity index (χ0v) is 12.7. The Kier molecular flexibility index (Phi) is 4.14. The number of ether oxygens (including phenoxy) is 3. The van der Waals surface area contributed by atoms with E-state index in [-0.39, 0.29) is 13.4 Å². The smallest absolute Gasteiger partial charge is 0.231 e. The van der Waals surface area contributed by atoms with E-state index < -0.39 is 0 Å². The maximum Gasteiger partial charge on any atom is 0.231 e. The van der Waals surface area contributed by atoms with E-state index >= 15 is 0 Å². The molecule has 0 saturated carbocycles. The quantitative estimate of drug-likeness (QED) is 0.807. The molecule has 0 saturated heterocycles. The number of hydrogen-bond donors (Lipinski definition) is 0. The normalized spacial score (nSPS) is 12.7. The first-order valence-corrected chi connectivity index (χ1v) is 7.01. The van der Waals surface area contributed by atoms with Crippen LogP contribution in [0.25, 0.3) is 0 Å². The third-order valence-corrected chi connectivity index (χ3v) is 3.67. The van der Waals surface area contributed by atoms with E-state index in [0.717, 1.165) is 17.1 Å². The lowest BCUT2D eigenvalue weighted by atomic mass is 10.1. The van der Waals surface area contributed by atoms with Crippen LogP contribution in [0.1, 0.15) is 17.0 Å². The Morgan fingerprint density at radius 2 is 1.86 bits per heavy atom. The van der Waals surface area contributed by atoms with E-state index in [2.05, 4.69) is 9.97 Å². The molecule has 1 aliphatic rings.